The first-order chi connectivity index (χ1) is 6.77. The highest BCUT2D eigenvalue weighted by molar-refractivity contribution is 7.12. The number of aliphatic hydroxyl groups is 1. The molecule has 1 heterocycles. The molecule has 0 aromatic carbocycles. The van der Waals surface area contributed by atoms with Gasteiger partial charge in [-0.3, -0.25) is 0 Å². The third-order valence-electron chi connectivity index (χ3n) is 2.16. The Labute approximate surface area is 89.8 Å². The van der Waals surface area contributed by atoms with Crippen LogP contribution < -0.4 is 0 Å². The monoisotopic (exact) mass is 208 g/mol. The van der Waals surface area contributed by atoms with Gasteiger partial charge in [0.25, 0.3) is 0 Å². The molecule has 1 N–H and O–H groups in total. The first-order valence-electron chi connectivity index (χ1n) is 4.98. The number of aryl methyl sites for hydroxylation is 1. The van der Waals surface area contributed by atoms with E-state index in [1.54, 1.807) is 11.3 Å². The van der Waals surface area contributed by atoms with Crippen molar-refractivity contribution >= 4 is 11.3 Å². The molecule has 1 nitrogen and oxygen atoms in total. The number of rotatable bonds is 5. The zero-order valence-electron chi connectivity index (χ0n) is 8.49. The van der Waals surface area contributed by atoms with Crippen molar-refractivity contribution in [3.8, 4) is 12.3 Å². The van der Waals surface area contributed by atoms with E-state index in [4.69, 9.17) is 6.42 Å². The van der Waals surface area contributed by atoms with Crippen molar-refractivity contribution in [2.24, 2.45) is 0 Å². The highest BCUT2D eigenvalue weighted by Gasteiger charge is 2.09. The molecule has 0 aliphatic rings. The molecular weight excluding hydrogens is 192 g/mol. The van der Waals surface area contributed by atoms with Crippen LogP contribution in [0.25, 0.3) is 0 Å². The highest BCUT2D eigenvalue weighted by atomic mass is 32.1. The topological polar surface area (TPSA) is 20.2 Å². The summed E-state index contributed by atoms with van der Waals surface area (Å²) in [5.74, 6) is 2.58. The minimum absolute atomic E-state index is 0.325. The fraction of sp³-hybridized carbons (Fsp3) is 0.500. The van der Waals surface area contributed by atoms with Crippen molar-refractivity contribution in [2.45, 2.75) is 38.7 Å². The maximum Gasteiger partial charge on any atom is 0.0882 e. The first kappa shape index (κ1) is 11.3. The van der Waals surface area contributed by atoms with Crippen LogP contribution in [-0.4, -0.2) is 5.11 Å². The van der Waals surface area contributed by atoms with E-state index in [2.05, 4.69) is 18.9 Å². The van der Waals surface area contributed by atoms with Gasteiger partial charge in [-0.2, -0.15) is 0 Å². The maximum absolute atomic E-state index is 9.80. The Balaban J connectivity index is 2.44. The van der Waals surface area contributed by atoms with Crippen LogP contribution in [0.15, 0.2) is 12.1 Å². The van der Waals surface area contributed by atoms with Gasteiger partial charge < -0.3 is 5.11 Å². The molecule has 0 bridgehead atoms. The van der Waals surface area contributed by atoms with E-state index in [9.17, 15) is 5.11 Å². The van der Waals surface area contributed by atoms with Crippen LogP contribution in [0.1, 0.15) is 42.0 Å². The fourth-order valence-corrected chi connectivity index (χ4v) is 2.28. The lowest BCUT2D eigenvalue weighted by Gasteiger charge is -2.06. The Bertz CT molecular complexity index is 308. The summed E-state index contributed by atoms with van der Waals surface area (Å²) in [6.45, 7) is 2.13. The van der Waals surface area contributed by atoms with E-state index in [1.807, 2.05) is 6.07 Å². The van der Waals surface area contributed by atoms with Crippen LogP contribution in [0.5, 0.6) is 0 Å². The molecule has 2 heteroatoms. The van der Waals surface area contributed by atoms with Gasteiger partial charge in [-0.1, -0.05) is 6.92 Å². The van der Waals surface area contributed by atoms with Crippen molar-refractivity contribution < 1.29 is 5.11 Å². The molecule has 1 aromatic rings. The highest BCUT2D eigenvalue weighted by Crippen LogP contribution is 2.26. The van der Waals surface area contributed by atoms with Crippen molar-refractivity contribution in [2.75, 3.05) is 0 Å². The summed E-state index contributed by atoms with van der Waals surface area (Å²) >= 11 is 1.70. The largest absolute Gasteiger partial charge is 0.388 e. The molecule has 0 amide bonds. The second-order valence-corrected chi connectivity index (χ2v) is 4.47. The molecule has 0 saturated carbocycles. The molecule has 1 aromatic heterocycles. The minimum Gasteiger partial charge on any atom is -0.388 e. The summed E-state index contributed by atoms with van der Waals surface area (Å²) in [6.07, 6.45) is 8.29. The predicted molar refractivity (Wildman–Crippen MR) is 61.3 cm³/mol. The third-order valence-corrected chi connectivity index (χ3v) is 3.49. The van der Waals surface area contributed by atoms with Gasteiger partial charge in [0.1, 0.15) is 0 Å². The summed E-state index contributed by atoms with van der Waals surface area (Å²) in [7, 11) is 0. The normalized spacial score (nSPS) is 12.4. The van der Waals surface area contributed by atoms with Crippen LogP contribution in [0, 0.1) is 12.3 Å². The molecule has 1 atom stereocenters. The van der Waals surface area contributed by atoms with E-state index in [0.29, 0.717) is 0 Å². The molecule has 0 radical (unpaired) electrons. The summed E-state index contributed by atoms with van der Waals surface area (Å²) in [5.41, 5.74) is 0. The van der Waals surface area contributed by atoms with Gasteiger partial charge in [0.05, 0.1) is 6.10 Å². The van der Waals surface area contributed by atoms with Crippen LogP contribution in [0.4, 0.5) is 0 Å². The molecule has 0 fully saturated rings. The molecule has 0 aliphatic carbocycles. The lowest BCUT2D eigenvalue weighted by Crippen LogP contribution is -1.93. The van der Waals surface area contributed by atoms with Gasteiger partial charge in [-0.05, 0) is 31.4 Å². The molecule has 14 heavy (non-hydrogen) atoms. The zero-order valence-corrected chi connectivity index (χ0v) is 9.31. The Hall–Kier alpha value is -0.780. The second kappa shape index (κ2) is 5.85. The Morgan fingerprint density at radius 2 is 2.36 bits per heavy atom. The average Bonchev–Trinajstić information content (AvgIpc) is 2.66. The number of thiophene rings is 1. The average molecular weight is 208 g/mol. The molecule has 0 saturated heterocycles. The Morgan fingerprint density at radius 3 is 2.93 bits per heavy atom. The van der Waals surface area contributed by atoms with E-state index in [-0.39, 0.29) is 6.10 Å². The first-order valence-corrected chi connectivity index (χ1v) is 5.79. The molecule has 1 unspecified atom stereocenters. The minimum atomic E-state index is -0.325. The molecule has 1 rings (SSSR count). The smallest absolute Gasteiger partial charge is 0.0882 e. The zero-order chi connectivity index (χ0) is 10.4. The second-order valence-electron chi connectivity index (χ2n) is 3.27. The SMILES string of the molecule is C#CCCCC(O)c1ccc(CC)s1. The lowest BCUT2D eigenvalue weighted by molar-refractivity contribution is 0.169. The van der Waals surface area contributed by atoms with Gasteiger partial charge in [0, 0.05) is 16.2 Å². The van der Waals surface area contributed by atoms with Gasteiger partial charge >= 0.3 is 0 Å². The number of unbranched alkanes of at least 4 members (excludes halogenated alkanes) is 1. The van der Waals surface area contributed by atoms with Crippen molar-refractivity contribution in [3.63, 3.8) is 0 Å². The van der Waals surface area contributed by atoms with Crippen LogP contribution in [-0.2, 0) is 6.42 Å². The van der Waals surface area contributed by atoms with Gasteiger partial charge in [0.2, 0.25) is 0 Å². The summed E-state index contributed by atoms with van der Waals surface area (Å²) in [6, 6.07) is 4.11. The number of aliphatic hydroxyl groups excluding tert-OH is 1. The quantitative estimate of drug-likeness (QED) is 0.582. The van der Waals surface area contributed by atoms with Crippen LogP contribution in [0.2, 0.25) is 0 Å². The standard InChI is InChI=1S/C12H16OS/c1-3-5-6-7-11(13)12-9-8-10(4-2)14-12/h1,8-9,11,13H,4-7H2,2H3. The fourth-order valence-electron chi connectivity index (χ4n) is 1.30. The summed E-state index contributed by atoms with van der Waals surface area (Å²) in [4.78, 5) is 2.40. The third kappa shape index (κ3) is 3.17. The molecule has 0 spiro atoms. The van der Waals surface area contributed by atoms with E-state index >= 15 is 0 Å². The molecule has 76 valence electrons. The lowest BCUT2D eigenvalue weighted by atomic mass is 10.1. The van der Waals surface area contributed by atoms with Gasteiger partial charge in [-0.15, -0.1) is 23.7 Å². The Kier molecular flexibility index (Phi) is 4.72. The van der Waals surface area contributed by atoms with Gasteiger partial charge in [-0.25, -0.2) is 0 Å². The number of hydrogen-bond acceptors (Lipinski definition) is 2. The van der Waals surface area contributed by atoms with Crippen LogP contribution in [0.3, 0.4) is 0 Å². The van der Waals surface area contributed by atoms with Gasteiger partial charge in [0.15, 0.2) is 0 Å². The van der Waals surface area contributed by atoms with E-state index in [1.165, 1.54) is 4.88 Å². The summed E-state index contributed by atoms with van der Waals surface area (Å²) in [5, 5.41) is 9.80. The van der Waals surface area contributed by atoms with E-state index in [0.717, 1.165) is 30.6 Å². The maximum atomic E-state index is 9.80. The number of hydrogen-bond donors (Lipinski definition) is 1. The summed E-state index contributed by atoms with van der Waals surface area (Å²) < 4.78 is 0. The number of terminal acetylenes is 1. The predicted octanol–water partition coefficient (Wildman–Crippen LogP) is 3.15. The molecule has 0 aliphatic heterocycles. The molecular formula is C12H16OS. The van der Waals surface area contributed by atoms with Crippen molar-refractivity contribution in [1.82, 2.24) is 0 Å². The van der Waals surface area contributed by atoms with Crippen molar-refractivity contribution in [1.29, 1.82) is 0 Å². The Morgan fingerprint density at radius 1 is 1.57 bits per heavy atom. The van der Waals surface area contributed by atoms with E-state index < -0.39 is 0 Å². The van der Waals surface area contributed by atoms with Crippen LogP contribution >= 0.6 is 11.3 Å². The van der Waals surface area contributed by atoms with Crippen molar-refractivity contribution in [3.05, 3.63) is 21.9 Å².